The predicted molar refractivity (Wildman–Crippen MR) is 406 cm³/mol. The van der Waals surface area contributed by atoms with Crippen molar-refractivity contribution in [3.8, 4) is 11.5 Å². The van der Waals surface area contributed by atoms with Gasteiger partial charge in [0.15, 0.2) is 52.0 Å². The predicted octanol–water partition coefficient (Wildman–Crippen LogP) is 8.49. The Bertz CT molecular complexity index is 5280. The van der Waals surface area contributed by atoms with Gasteiger partial charge in [-0.3, -0.25) is 27.2 Å². The standard InChI is InChI=1S/C39H58F3N5O14P2Si2.C25H26F3N5O16P2.B.H3N.U.H2/c1-21-27(57-35(32(21)60-65(11,12)38(6,7)8)47-20-46-30-33(43)44-19-45-34(30)47)17-53-62(49,50)61-63(51,52)54-18-28-31(59-64(9,10)37(3,4)5)22(2)36(58-28)55-23-13-14-24-25(39(40,41)42)16-29(48)56-26(24)15-23;26-25(27,28)11-4-15(34)46-12-3-9(1-2-10(11)12)45-24-20(38)18(36)14(48-24)6-44-51(41,42)49-50(39,40)43-5-13-17(35)19(37)23(47-13)33-8-32-16-21(29)30-7-31-22(16)33;;;;/h13-16,19-22,27-28,31-32,35-36H,17-18H2,1-12H3,(H,49,50)(H,51,52)(H2,43,44,45);1-4,7-8,13-14,17-20,23-24,35-38H,5-6H2,(H,39,40)(H,41,42)(H2,29,30,31);;1H3;;1H/t21-,22-,27?,28?,31+,32-,35-,36?;13?,14?,17-,18-,19-,20-,23-,24?;;;;/m11..../s1/i;;;;;1+1. The number of benzene rings is 2. The molecule has 2 aromatic carbocycles. The molecule has 4 aliphatic heterocycles. The molecule has 6 aromatic heterocycles. The average Bonchev–Trinajstić information content (AvgIpc) is 1.46. The van der Waals surface area contributed by atoms with Crippen LogP contribution in [0.15, 0.2) is 92.3 Å². The van der Waals surface area contributed by atoms with Crippen molar-refractivity contribution in [2.75, 3.05) is 37.9 Å². The van der Waals surface area contributed by atoms with E-state index in [-0.39, 0.29) is 109 Å². The molecule has 3 radical (unpaired) electrons. The van der Waals surface area contributed by atoms with Gasteiger partial charge in [0.25, 0.3) is 0 Å². The van der Waals surface area contributed by atoms with Crippen LogP contribution >= 0.6 is 31.3 Å². The van der Waals surface area contributed by atoms with Gasteiger partial charge in [-0.1, -0.05) is 55.4 Å². The van der Waals surface area contributed by atoms with E-state index in [0.29, 0.717) is 17.2 Å². The van der Waals surface area contributed by atoms with Gasteiger partial charge in [-0.25, -0.2) is 57.8 Å². The molecule has 12 rings (SSSR count). The number of fused-ring (bicyclic) bond motifs is 4. The summed E-state index contributed by atoms with van der Waals surface area (Å²) >= 11 is 0. The number of nitrogens with two attached hydrogens (primary N) is 2. The number of halogens is 6. The molecule has 119 heavy (non-hydrogen) atoms. The minimum absolute atomic E-state index is 0. The number of phosphoric acid groups is 4. The number of anilines is 2. The first-order chi connectivity index (χ1) is 53.5. The first-order valence-electron chi connectivity index (χ1n) is 35.0. The molecule has 55 heteroatoms. The Morgan fingerprint density at radius 3 is 1.30 bits per heavy atom. The fourth-order valence-corrected chi connectivity index (χ4v) is 19.1. The molecular weight excluding hydrogens is 1950 g/mol. The number of phosphoric ester groups is 4. The molecule has 0 saturated carbocycles. The maximum atomic E-state index is 13.7. The molecule has 41 nitrogen and oxygen atoms in total. The van der Waals surface area contributed by atoms with Crippen molar-refractivity contribution in [1.29, 1.82) is 0 Å². The van der Waals surface area contributed by atoms with Gasteiger partial charge >= 0.3 is 54.9 Å². The van der Waals surface area contributed by atoms with Crippen molar-refractivity contribution in [2.24, 2.45) is 11.8 Å². The summed E-state index contributed by atoms with van der Waals surface area (Å²) in [5.74, 6) is -1.21. The van der Waals surface area contributed by atoms with Crippen LogP contribution in [0.4, 0.5) is 38.0 Å². The zero-order valence-corrected chi connectivity index (χ0v) is 74.9. The average molecular weight is 2040 g/mol. The van der Waals surface area contributed by atoms with Gasteiger partial charge in [0.2, 0.25) is 12.6 Å². The third kappa shape index (κ3) is 22.6. The van der Waals surface area contributed by atoms with Crippen LogP contribution in [0, 0.1) is 42.9 Å². The summed E-state index contributed by atoms with van der Waals surface area (Å²) in [5.41, 5.74) is 6.93. The monoisotopic (exact) mass is 2040 g/mol. The first-order valence-corrected chi connectivity index (χ1v) is 46.8. The largest absolute Gasteiger partial charge is 0.481 e. The van der Waals surface area contributed by atoms with E-state index in [1.165, 1.54) is 29.6 Å². The third-order valence-corrected chi connectivity index (χ3v) is 34.5. The van der Waals surface area contributed by atoms with E-state index < -0.39 is 218 Å². The van der Waals surface area contributed by atoms with Crippen molar-refractivity contribution in [1.82, 2.24) is 45.2 Å². The maximum absolute atomic E-state index is 13.7. The molecule has 0 aliphatic carbocycles. The second kappa shape index (κ2) is 36.9. The first kappa shape index (κ1) is 98.8. The van der Waals surface area contributed by atoms with Gasteiger partial charge in [-0.2, -0.15) is 35.0 Å². The SMILES string of the molecule is C[C@@H]1C(COP(=O)(O)OP(=O)(O)OCC2OC(Oc3ccc4c(C(F)(F)F)cc(=O)oc4c3)[C@H](C)[C@@H]2O[Si](C)(C)C(C)(C)C)O[C@@H](n2cnc3c(N)ncnc32)[C@@H]1O[Si](C)(C)C(C)(C)C.N.Nc1ncnc2c1ncn2[C@@H]1OC(COP(=O)(O)OP(=O)(O)OCC2OC(Oc3ccc4c(C(F)(F)F)cc(=O)oc4c3)[C@H](O)[C@@H]2O)[C@@H](O)[C@H]1O.[2HH].[B].[U]. The van der Waals surface area contributed by atoms with E-state index in [2.05, 4.69) is 77.1 Å². The molecule has 0 bridgehead atoms. The van der Waals surface area contributed by atoms with Crippen molar-refractivity contribution in [3.05, 3.63) is 106 Å². The smallest absolute Gasteiger partial charge is 0.464 e. The number of alkyl halides is 6. The molecule has 10 heterocycles. The van der Waals surface area contributed by atoms with Crippen molar-refractivity contribution in [2.45, 2.75) is 190 Å². The number of aliphatic hydroxyl groups is 4. The number of imidazole rings is 2. The molecule has 15 N–H and O–H groups in total. The summed E-state index contributed by atoms with van der Waals surface area (Å²) in [6.07, 6.45) is -23.4. The molecule has 8 aromatic rings. The summed E-state index contributed by atoms with van der Waals surface area (Å²) in [6.45, 7) is 20.5. The van der Waals surface area contributed by atoms with Crippen LogP contribution in [0.3, 0.4) is 0 Å². The van der Waals surface area contributed by atoms with Crippen molar-refractivity contribution in [3.63, 3.8) is 0 Å². The Hall–Kier alpha value is -5.63. The summed E-state index contributed by atoms with van der Waals surface area (Å²) in [7, 11) is -26.8. The quantitative estimate of drug-likeness (QED) is 0.0105. The maximum Gasteiger partial charge on any atom is 0.481 e. The molecule has 10 unspecified atom stereocenters. The summed E-state index contributed by atoms with van der Waals surface area (Å²) in [6, 6.07) is 6.95. The van der Waals surface area contributed by atoms with E-state index in [1.807, 2.05) is 40.8 Å². The number of nitrogens with zero attached hydrogens (tertiary/aromatic N) is 8. The van der Waals surface area contributed by atoms with Crippen molar-refractivity contribution >= 4 is 112 Å². The number of aliphatic hydroxyl groups excluding tert-OH is 4. The van der Waals surface area contributed by atoms with E-state index in [0.717, 1.165) is 36.7 Å². The zero-order valence-electron chi connectivity index (χ0n) is 65.1. The van der Waals surface area contributed by atoms with Crippen LogP contribution in [-0.4, -0.2) is 204 Å². The molecule has 4 aliphatic rings. The molecule has 0 spiro atoms. The second-order valence-electron chi connectivity index (χ2n) is 30.5. The van der Waals surface area contributed by atoms with Gasteiger partial charge in [0, 0.05) is 87.8 Å². The molecule has 0 amide bonds. The van der Waals surface area contributed by atoms with Gasteiger partial charge in [-0.15, -0.1) is 0 Å². The number of hydrogen-bond acceptors (Lipinski definition) is 35. The van der Waals surface area contributed by atoms with Gasteiger partial charge in [-0.05, 0) is 60.5 Å². The molecular formula is C64H89BF6N11O30P4Si2U. The minimum Gasteiger partial charge on any atom is -0.464 e. The number of ether oxygens (including phenoxy) is 6. The Balaban J connectivity index is 0.000000328. The molecule has 4 fully saturated rings. The van der Waals surface area contributed by atoms with Crippen LogP contribution in [0.25, 0.3) is 44.3 Å². The summed E-state index contributed by atoms with van der Waals surface area (Å²) in [4.78, 5) is 89.8. The van der Waals surface area contributed by atoms with Gasteiger partial charge in [0.1, 0.15) is 89.1 Å². The number of nitrogen functional groups attached to an aromatic ring is 2. The molecule has 657 valence electrons. The Kier molecular flexibility index (Phi) is 30.6. The minimum atomic E-state index is -5.50. The normalized spacial score (nSPS) is 27.2. The zero-order chi connectivity index (χ0) is 85.5. The number of rotatable bonds is 26. The van der Waals surface area contributed by atoms with Crippen LogP contribution < -0.4 is 38.3 Å². The van der Waals surface area contributed by atoms with Gasteiger partial charge in [0.05, 0.1) is 68.5 Å². The van der Waals surface area contributed by atoms with Crippen molar-refractivity contribution < 1.29 is 190 Å². The topological polar surface area (TPSA) is 594 Å². The fourth-order valence-electron chi connectivity index (χ4n) is 12.1. The van der Waals surface area contributed by atoms with Crippen LogP contribution in [0.2, 0.25) is 36.3 Å². The molecule has 4 saturated heterocycles. The van der Waals surface area contributed by atoms with Crippen LogP contribution in [0.1, 0.15) is 80.4 Å². The Morgan fingerprint density at radius 2 is 0.874 bits per heavy atom. The third-order valence-electron chi connectivity index (χ3n) is 20.3. The van der Waals surface area contributed by atoms with Crippen LogP contribution in [0.5, 0.6) is 11.5 Å². The number of hydrogen-bond donors (Lipinski definition) is 11. The number of aromatic nitrogens is 8. The van der Waals surface area contributed by atoms with Gasteiger partial charge < -0.3 is 104 Å². The fraction of sp³-hybridized carbons (Fsp3) is 0.562. The summed E-state index contributed by atoms with van der Waals surface area (Å²) in [5, 5.41) is 40.3. The van der Waals surface area contributed by atoms with E-state index in [9.17, 15) is 94.2 Å². The van der Waals surface area contributed by atoms with E-state index in [1.54, 1.807) is 11.5 Å². The molecule has 20 atom stereocenters. The van der Waals surface area contributed by atoms with E-state index in [4.69, 9.17) is 70.9 Å². The van der Waals surface area contributed by atoms with Crippen LogP contribution in [-0.2, 0) is 85.1 Å². The van der Waals surface area contributed by atoms with E-state index >= 15 is 0 Å². The Morgan fingerprint density at radius 1 is 0.504 bits per heavy atom. The summed E-state index contributed by atoms with van der Waals surface area (Å²) < 4.78 is 222. The Labute approximate surface area is 700 Å². The second-order valence-corrected chi connectivity index (χ2v) is 46.1.